The third kappa shape index (κ3) is 4.62. The molecule has 108 valence electrons. The average molecular weight is 332 g/mol. The van der Waals surface area contributed by atoms with Crippen molar-refractivity contribution in [2.45, 2.75) is 40.2 Å². The minimum Gasteiger partial charge on any atom is -0.396 e. The number of nitrogens with one attached hydrogen (secondary N) is 1. The molecule has 0 unspecified atom stereocenters. The van der Waals surface area contributed by atoms with Crippen LogP contribution in [0.4, 0.5) is 5.69 Å². The SMILES string of the molecule is CCCn1ncc(NCC(C)(C)CCO)c(Br)c1=O. The summed E-state index contributed by atoms with van der Waals surface area (Å²) in [5.74, 6) is 0. The lowest BCUT2D eigenvalue weighted by Crippen LogP contribution is -2.28. The maximum Gasteiger partial charge on any atom is 0.283 e. The summed E-state index contributed by atoms with van der Waals surface area (Å²) in [5, 5.41) is 16.3. The summed E-state index contributed by atoms with van der Waals surface area (Å²) in [7, 11) is 0. The van der Waals surface area contributed by atoms with Gasteiger partial charge in [-0.3, -0.25) is 4.79 Å². The largest absolute Gasteiger partial charge is 0.396 e. The van der Waals surface area contributed by atoms with Crippen LogP contribution in [0.1, 0.15) is 33.6 Å². The van der Waals surface area contributed by atoms with Crippen molar-refractivity contribution in [2.24, 2.45) is 5.41 Å². The number of aryl methyl sites for hydroxylation is 1. The molecule has 2 N–H and O–H groups in total. The molecule has 0 aliphatic heterocycles. The van der Waals surface area contributed by atoms with Crippen LogP contribution in [0.3, 0.4) is 0 Å². The standard InChI is InChI=1S/C13H22BrN3O2/c1-4-6-17-12(19)11(14)10(8-16-17)15-9-13(2,3)5-7-18/h8,15,18H,4-7,9H2,1-3H3. The highest BCUT2D eigenvalue weighted by Crippen LogP contribution is 2.23. The van der Waals surface area contributed by atoms with Gasteiger partial charge in [-0.05, 0) is 34.2 Å². The Bertz CT molecular complexity index is 471. The maximum absolute atomic E-state index is 12.0. The predicted octanol–water partition coefficient (Wildman–Crippen LogP) is 2.24. The van der Waals surface area contributed by atoms with Crippen LogP contribution in [0.15, 0.2) is 15.5 Å². The second-order valence-electron chi connectivity index (χ2n) is 5.39. The van der Waals surface area contributed by atoms with E-state index in [1.54, 1.807) is 6.20 Å². The van der Waals surface area contributed by atoms with Crippen LogP contribution in [-0.4, -0.2) is 28.0 Å². The molecule has 0 saturated carbocycles. The molecule has 19 heavy (non-hydrogen) atoms. The van der Waals surface area contributed by atoms with Gasteiger partial charge in [-0.15, -0.1) is 0 Å². The lowest BCUT2D eigenvalue weighted by Gasteiger charge is -2.24. The Morgan fingerprint density at radius 2 is 2.21 bits per heavy atom. The Hall–Kier alpha value is -0.880. The van der Waals surface area contributed by atoms with Crippen LogP contribution < -0.4 is 10.9 Å². The number of aliphatic hydroxyl groups excluding tert-OH is 1. The zero-order chi connectivity index (χ0) is 14.5. The number of rotatable bonds is 7. The van der Waals surface area contributed by atoms with E-state index in [2.05, 4.69) is 40.2 Å². The number of halogens is 1. The van der Waals surface area contributed by atoms with Gasteiger partial charge in [0, 0.05) is 19.7 Å². The first-order chi connectivity index (χ1) is 8.91. The maximum atomic E-state index is 12.0. The van der Waals surface area contributed by atoms with Crippen molar-refractivity contribution in [1.29, 1.82) is 0 Å². The molecule has 0 atom stereocenters. The van der Waals surface area contributed by atoms with E-state index in [-0.39, 0.29) is 17.6 Å². The van der Waals surface area contributed by atoms with Gasteiger partial charge in [0.15, 0.2) is 0 Å². The summed E-state index contributed by atoms with van der Waals surface area (Å²) >= 11 is 3.32. The van der Waals surface area contributed by atoms with Crippen molar-refractivity contribution >= 4 is 21.6 Å². The van der Waals surface area contributed by atoms with Crippen LogP contribution in [-0.2, 0) is 6.54 Å². The van der Waals surface area contributed by atoms with Gasteiger partial charge in [0.05, 0.1) is 11.9 Å². The van der Waals surface area contributed by atoms with Gasteiger partial charge in [-0.2, -0.15) is 5.10 Å². The number of anilines is 1. The molecule has 0 aliphatic rings. The van der Waals surface area contributed by atoms with Crippen LogP contribution in [0.5, 0.6) is 0 Å². The minimum absolute atomic E-state index is 0.0352. The molecule has 0 fully saturated rings. The average Bonchev–Trinajstić information content (AvgIpc) is 2.34. The van der Waals surface area contributed by atoms with E-state index in [1.165, 1.54) is 4.68 Å². The zero-order valence-electron chi connectivity index (χ0n) is 11.7. The van der Waals surface area contributed by atoms with E-state index in [1.807, 2.05) is 6.92 Å². The van der Waals surface area contributed by atoms with Crippen LogP contribution in [0.2, 0.25) is 0 Å². The highest BCUT2D eigenvalue weighted by Gasteiger charge is 2.18. The van der Waals surface area contributed by atoms with Gasteiger partial charge in [-0.1, -0.05) is 20.8 Å². The lowest BCUT2D eigenvalue weighted by atomic mass is 9.90. The zero-order valence-corrected chi connectivity index (χ0v) is 13.3. The minimum atomic E-state index is -0.119. The van der Waals surface area contributed by atoms with Crippen LogP contribution >= 0.6 is 15.9 Å². The number of aromatic nitrogens is 2. The Kier molecular flexibility index (Phi) is 6.00. The highest BCUT2D eigenvalue weighted by atomic mass is 79.9. The summed E-state index contributed by atoms with van der Waals surface area (Å²) in [6, 6.07) is 0. The van der Waals surface area contributed by atoms with E-state index in [0.29, 0.717) is 29.7 Å². The van der Waals surface area contributed by atoms with Crippen molar-refractivity contribution in [3.63, 3.8) is 0 Å². The number of nitrogens with zero attached hydrogens (tertiary/aromatic N) is 2. The molecule has 6 heteroatoms. The smallest absolute Gasteiger partial charge is 0.283 e. The molecule has 0 aliphatic carbocycles. The van der Waals surface area contributed by atoms with Gasteiger partial charge in [-0.25, -0.2) is 4.68 Å². The fraction of sp³-hybridized carbons (Fsp3) is 0.692. The Labute approximate surface area is 122 Å². The molecular weight excluding hydrogens is 310 g/mol. The molecule has 0 radical (unpaired) electrons. The van der Waals surface area contributed by atoms with E-state index in [4.69, 9.17) is 5.11 Å². The summed E-state index contributed by atoms with van der Waals surface area (Å²) in [6.07, 6.45) is 3.24. The van der Waals surface area contributed by atoms with Crippen molar-refractivity contribution < 1.29 is 5.11 Å². The number of hydrogen-bond donors (Lipinski definition) is 2. The first-order valence-electron chi connectivity index (χ1n) is 6.51. The van der Waals surface area contributed by atoms with E-state index < -0.39 is 0 Å². The predicted molar refractivity (Wildman–Crippen MR) is 80.5 cm³/mol. The third-order valence-corrected chi connectivity index (χ3v) is 3.73. The first-order valence-corrected chi connectivity index (χ1v) is 7.31. The Morgan fingerprint density at radius 1 is 1.53 bits per heavy atom. The van der Waals surface area contributed by atoms with Crippen LogP contribution in [0, 0.1) is 5.41 Å². The fourth-order valence-corrected chi connectivity index (χ4v) is 2.13. The molecule has 0 amide bonds. The second kappa shape index (κ2) is 7.05. The number of aliphatic hydroxyl groups is 1. The van der Waals surface area contributed by atoms with Gasteiger partial charge >= 0.3 is 0 Å². The summed E-state index contributed by atoms with van der Waals surface area (Å²) < 4.78 is 1.96. The van der Waals surface area contributed by atoms with Gasteiger partial charge in [0.25, 0.3) is 5.56 Å². The summed E-state index contributed by atoms with van der Waals surface area (Å²) in [5.41, 5.74) is 0.544. The molecule has 1 heterocycles. The van der Waals surface area contributed by atoms with Crippen molar-refractivity contribution in [3.8, 4) is 0 Å². The van der Waals surface area contributed by atoms with Gasteiger partial charge in [0.2, 0.25) is 0 Å². The molecule has 1 aromatic rings. The Balaban J connectivity index is 2.81. The summed E-state index contributed by atoms with van der Waals surface area (Å²) in [6.45, 7) is 7.59. The number of hydrogen-bond acceptors (Lipinski definition) is 4. The molecule has 0 saturated heterocycles. The lowest BCUT2D eigenvalue weighted by molar-refractivity contribution is 0.220. The highest BCUT2D eigenvalue weighted by molar-refractivity contribution is 9.10. The molecule has 0 bridgehead atoms. The topological polar surface area (TPSA) is 67.2 Å². The van der Waals surface area contributed by atoms with E-state index in [0.717, 1.165) is 6.42 Å². The van der Waals surface area contributed by atoms with Crippen molar-refractivity contribution in [3.05, 3.63) is 21.0 Å². The molecule has 1 aromatic heterocycles. The molecule has 0 aromatic carbocycles. The van der Waals surface area contributed by atoms with E-state index in [9.17, 15) is 4.79 Å². The van der Waals surface area contributed by atoms with Gasteiger partial charge in [0.1, 0.15) is 4.47 Å². The molecular formula is C13H22BrN3O2. The second-order valence-corrected chi connectivity index (χ2v) is 6.18. The molecule has 5 nitrogen and oxygen atoms in total. The Morgan fingerprint density at radius 3 is 2.79 bits per heavy atom. The van der Waals surface area contributed by atoms with Crippen LogP contribution in [0.25, 0.3) is 0 Å². The fourth-order valence-electron chi connectivity index (χ4n) is 1.68. The third-order valence-electron chi connectivity index (χ3n) is 2.97. The normalized spacial score (nSPS) is 11.6. The van der Waals surface area contributed by atoms with E-state index >= 15 is 0 Å². The molecule has 1 rings (SSSR count). The van der Waals surface area contributed by atoms with Crippen molar-refractivity contribution in [1.82, 2.24) is 9.78 Å². The first kappa shape index (κ1) is 16.2. The quantitative estimate of drug-likeness (QED) is 0.804. The van der Waals surface area contributed by atoms with Gasteiger partial charge < -0.3 is 10.4 Å². The molecule has 0 spiro atoms. The monoisotopic (exact) mass is 331 g/mol. The van der Waals surface area contributed by atoms with Crippen molar-refractivity contribution in [2.75, 3.05) is 18.5 Å². The summed E-state index contributed by atoms with van der Waals surface area (Å²) in [4.78, 5) is 12.0.